The van der Waals surface area contributed by atoms with Gasteiger partial charge < -0.3 is 9.64 Å². The molecule has 0 unspecified atom stereocenters. The lowest BCUT2D eigenvalue weighted by Crippen LogP contribution is -2.35. The Bertz CT molecular complexity index is 923. The predicted molar refractivity (Wildman–Crippen MR) is 110 cm³/mol. The lowest BCUT2D eigenvalue weighted by Gasteiger charge is -2.26. The van der Waals surface area contributed by atoms with E-state index < -0.39 is 0 Å². The number of piperidine rings is 1. The molecule has 4 rings (SSSR count). The van der Waals surface area contributed by atoms with Crippen LogP contribution in [-0.4, -0.2) is 40.8 Å². The number of carbonyl (C=O) groups is 1. The number of aromatic nitrogens is 2. The number of carbonyl (C=O) groups excluding carboxylic acids is 1. The van der Waals surface area contributed by atoms with Crippen LogP contribution in [0.3, 0.4) is 0 Å². The molecule has 0 aliphatic carbocycles. The van der Waals surface area contributed by atoms with E-state index in [1.807, 2.05) is 70.5 Å². The minimum absolute atomic E-state index is 0.140. The van der Waals surface area contributed by atoms with Crippen molar-refractivity contribution in [1.29, 1.82) is 0 Å². The Hall–Kier alpha value is -3.08. The van der Waals surface area contributed by atoms with Gasteiger partial charge in [-0.05, 0) is 54.7 Å². The number of likely N-dealkylation sites (tertiary alicyclic amines) is 1. The smallest absolute Gasteiger partial charge is 0.253 e. The van der Waals surface area contributed by atoms with Gasteiger partial charge in [0.05, 0.1) is 19.9 Å². The topological polar surface area (TPSA) is 47.4 Å². The first-order valence-electron chi connectivity index (χ1n) is 9.78. The van der Waals surface area contributed by atoms with Crippen molar-refractivity contribution in [2.45, 2.75) is 25.8 Å². The highest BCUT2D eigenvalue weighted by Gasteiger charge is 2.18. The molecule has 1 aliphatic heterocycles. The maximum absolute atomic E-state index is 12.6. The average molecular weight is 375 g/mol. The third kappa shape index (κ3) is 4.09. The normalized spacial score (nSPS) is 14.1. The van der Waals surface area contributed by atoms with Crippen LogP contribution in [0.2, 0.25) is 0 Å². The first kappa shape index (κ1) is 18.3. The Kier molecular flexibility index (Phi) is 5.42. The van der Waals surface area contributed by atoms with E-state index >= 15 is 0 Å². The summed E-state index contributed by atoms with van der Waals surface area (Å²) in [5.74, 6) is 0.991. The number of rotatable bonds is 5. The number of nitrogens with zero attached hydrogens (tertiary/aromatic N) is 3. The average Bonchev–Trinajstić information content (AvgIpc) is 3.23. The molecule has 0 radical (unpaired) electrons. The summed E-state index contributed by atoms with van der Waals surface area (Å²) in [5.41, 5.74) is 4.04. The Morgan fingerprint density at radius 3 is 2.36 bits per heavy atom. The number of hydrogen-bond acceptors (Lipinski definition) is 3. The van der Waals surface area contributed by atoms with Crippen molar-refractivity contribution in [1.82, 2.24) is 14.7 Å². The molecule has 2 aromatic carbocycles. The van der Waals surface area contributed by atoms with E-state index in [0.29, 0.717) is 6.54 Å². The second-order valence-corrected chi connectivity index (χ2v) is 7.20. The molecular formula is C23H25N3O2. The summed E-state index contributed by atoms with van der Waals surface area (Å²) in [6.45, 7) is 2.45. The van der Waals surface area contributed by atoms with Crippen LogP contribution in [0.1, 0.15) is 35.2 Å². The molecule has 0 atom stereocenters. The van der Waals surface area contributed by atoms with Gasteiger partial charge >= 0.3 is 0 Å². The summed E-state index contributed by atoms with van der Waals surface area (Å²) < 4.78 is 7.12. The van der Waals surface area contributed by atoms with Crippen molar-refractivity contribution in [3.8, 4) is 16.9 Å². The number of methoxy groups -OCH3 is 1. The van der Waals surface area contributed by atoms with Crippen molar-refractivity contribution >= 4 is 5.91 Å². The summed E-state index contributed by atoms with van der Waals surface area (Å²) in [5, 5.41) is 4.47. The van der Waals surface area contributed by atoms with Crippen LogP contribution < -0.4 is 4.74 Å². The number of amides is 1. The lowest BCUT2D eigenvalue weighted by atomic mass is 10.1. The second kappa shape index (κ2) is 8.30. The fraction of sp³-hybridized carbons (Fsp3) is 0.304. The zero-order valence-corrected chi connectivity index (χ0v) is 16.2. The van der Waals surface area contributed by atoms with Crippen molar-refractivity contribution in [3.05, 3.63) is 72.1 Å². The highest BCUT2D eigenvalue weighted by molar-refractivity contribution is 5.94. The summed E-state index contributed by atoms with van der Waals surface area (Å²) in [7, 11) is 1.67. The molecule has 1 aliphatic rings. The first-order chi connectivity index (χ1) is 13.7. The molecular weight excluding hydrogens is 350 g/mol. The lowest BCUT2D eigenvalue weighted by molar-refractivity contribution is 0.0724. The number of benzene rings is 2. The van der Waals surface area contributed by atoms with Gasteiger partial charge in [0.2, 0.25) is 0 Å². The third-order valence-electron chi connectivity index (χ3n) is 5.25. The van der Waals surface area contributed by atoms with E-state index in [9.17, 15) is 4.79 Å². The van der Waals surface area contributed by atoms with Crippen LogP contribution in [0.4, 0.5) is 0 Å². The fourth-order valence-corrected chi connectivity index (χ4v) is 3.60. The highest BCUT2D eigenvalue weighted by atomic mass is 16.5. The maximum Gasteiger partial charge on any atom is 0.253 e. The monoisotopic (exact) mass is 375 g/mol. The van der Waals surface area contributed by atoms with E-state index in [1.54, 1.807) is 7.11 Å². The number of hydrogen-bond donors (Lipinski definition) is 0. The van der Waals surface area contributed by atoms with E-state index in [2.05, 4.69) is 5.10 Å². The van der Waals surface area contributed by atoms with Crippen LogP contribution in [0, 0.1) is 0 Å². The van der Waals surface area contributed by atoms with Crippen LogP contribution in [0.15, 0.2) is 60.9 Å². The molecule has 5 nitrogen and oxygen atoms in total. The molecule has 0 N–H and O–H groups in total. The number of ether oxygens (including phenoxy) is 1. The fourth-order valence-electron chi connectivity index (χ4n) is 3.60. The summed E-state index contributed by atoms with van der Waals surface area (Å²) >= 11 is 0. The van der Waals surface area contributed by atoms with Gasteiger partial charge in [-0.3, -0.25) is 9.48 Å². The zero-order valence-electron chi connectivity index (χ0n) is 16.2. The Labute approximate surface area is 165 Å². The van der Waals surface area contributed by atoms with Gasteiger partial charge in [0.1, 0.15) is 5.75 Å². The first-order valence-corrected chi connectivity index (χ1v) is 9.78. The van der Waals surface area contributed by atoms with E-state index in [-0.39, 0.29) is 5.91 Å². The molecule has 1 aromatic heterocycles. The Morgan fingerprint density at radius 2 is 1.68 bits per heavy atom. The minimum Gasteiger partial charge on any atom is -0.497 e. The molecule has 5 heteroatoms. The predicted octanol–water partition coefficient (Wildman–Crippen LogP) is 4.23. The van der Waals surface area contributed by atoms with Gasteiger partial charge in [0, 0.05) is 30.4 Å². The molecule has 144 valence electrons. The summed E-state index contributed by atoms with van der Waals surface area (Å²) in [6, 6.07) is 15.9. The minimum atomic E-state index is 0.140. The molecule has 1 saturated heterocycles. The van der Waals surface area contributed by atoms with Gasteiger partial charge in [-0.2, -0.15) is 5.10 Å². The quantitative estimate of drug-likeness (QED) is 0.670. The van der Waals surface area contributed by atoms with Crippen molar-refractivity contribution in [2.75, 3.05) is 20.2 Å². The van der Waals surface area contributed by atoms with Crippen LogP contribution in [0.5, 0.6) is 5.75 Å². The van der Waals surface area contributed by atoms with Gasteiger partial charge in [0.15, 0.2) is 0 Å². The summed E-state index contributed by atoms with van der Waals surface area (Å²) in [6.07, 6.45) is 7.34. The molecule has 2 heterocycles. The molecule has 0 bridgehead atoms. The standard InChI is InChI=1S/C23H25N3O2/c1-28-22-11-5-18(6-12-22)16-26-17-21(15-24-26)19-7-9-20(10-8-19)23(27)25-13-3-2-4-14-25/h5-12,15,17H,2-4,13-14,16H2,1H3. The third-order valence-corrected chi connectivity index (χ3v) is 5.25. The van der Waals surface area contributed by atoms with Crippen LogP contribution in [-0.2, 0) is 6.54 Å². The Morgan fingerprint density at radius 1 is 0.964 bits per heavy atom. The van der Waals surface area contributed by atoms with E-state index in [4.69, 9.17) is 4.74 Å². The molecule has 0 saturated carbocycles. The van der Waals surface area contributed by atoms with Gasteiger partial charge in [0.25, 0.3) is 5.91 Å². The van der Waals surface area contributed by atoms with Crippen LogP contribution in [0.25, 0.3) is 11.1 Å². The molecule has 3 aromatic rings. The van der Waals surface area contributed by atoms with Gasteiger partial charge in [-0.25, -0.2) is 0 Å². The van der Waals surface area contributed by atoms with E-state index in [0.717, 1.165) is 53.9 Å². The summed E-state index contributed by atoms with van der Waals surface area (Å²) in [4.78, 5) is 14.6. The SMILES string of the molecule is COc1ccc(Cn2cc(-c3ccc(C(=O)N4CCCCC4)cc3)cn2)cc1. The molecule has 28 heavy (non-hydrogen) atoms. The van der Waals surface area contributed by atoms with Crippen molar-refractivity contribution in [2.24, 2.45) is 0 Å². The molecule has 0 spiro atoms. The van der Waals surface area contributed by atoms with Crippen LogP contribution >= 0.6 is 0 Å². The van der Waals surface area contributed by atoms with Gasteiger partial charge in [-0.15, -0.1) is 0 Å². The van der Waals surface area contributed by atoms with Crippen molar-refractivity contribution < 1.29 is 9.53 Å². The highest BCUT2D eigenvalue weighted by Crippen LogP contribution is 2.21. The van der Waals surface area contributed by atoms with Gasteiger partial charge in [-0.1, -0.05) is 24.3 Å². The van der Waals surface area contributed by atoms with Crippen molar-refractivity contribution in [3.63, 3.8) is 0 Å². The molecule has 1 fully saturated rings. The molecule has 1 amide bonds. The second-order valence-electron chi connectivity index (χ2n) is 7.20. The largest absolute Gasteiger partial charge is 0.497 e. The van der Waals surface area contributed by atoms with E-state index in [1.165, 1.54) is 6.42 Å². The maximum atomic E-state index is 12.6. The zero-order chi connectivity index (χ0) is 19.3. The Balaban J connectivity index is 1.43.